The Morgan fingerprint density at radius 1 is 1.00 bits per heavy atom. The minimum atomic E-state index is -1.17. The summed E-state index contributed by atoms with van der Waals surface area (Å²) < 4.78 is 16.5. The highest BCUT2D eigenvalue weighted by Gasteiger charge is 2.49. The Hall–Kier alpha value is -3.74. The van der Waals surface area contributed by atoms with Gasteiger partial charge in [0.1, 0.15) is 17.9 Å². The van der Waals surface area contributed by atoms with E-state index >= 15 is 0 Å². The van der Waals surface area contributed by atoms with Crippen LogP contribution < -0.4 is 19.5 Å². The number of imide groups is 1. The molecule has 5 rings (SSSR count). The summed E-state index contributed by atoms with van der Waals surface area (Å²) in [5.74, 6) is 1.56. The fourth-order valence-electron chi connectivity index (χ4n) is 3.82. The molecule has 3 aromatic carbocycles. The SMILES string of the molecule is CC1(c2ccc3c(c2)OCO3)NC(=O)N(CCOc2ccc3ccccc3c2)C1=O. The molecule has 1 saturated heterocycles. The van der Waals surface area contributed by atoms with Crippen molar-refractivity contribution in [2.75, 3.05) is 19.9 Å². The second-order valence-corrected chi connectivity index (χ2v) is 7.44. The van der Waals surface area contributed by atoms with Crippen molar-refractivity contribution in [2.45, 2.75) is 12.5 Å². The molecule has 2 aliphatic heterocycles. The van der Waals surface area contributed by atoms with Gasteiger partial charge in [0.2, 0.25) is 6.79 Å². The van der Waals surface area contributed by atoms with Crippen LogP contribution in [0.2, 0.25) is 0 Å². The largest absolute Gasteiger partial charge is 0.492 e. The molecule has 30 heavy (non-hydrogen) atoms. The average molecular weight is 404 g/mol. The zero-order valence-corrected chi connectivity index (χ0v) is 16.4. The van der Waals surface area contributed by atoms with Gasteiger partial charge in [-0.1, -0.05) is 36.4 Å². The number of nitrogens with one attached hydrogen (secondary N) is 1. The summed E-state index contributed by atoms with van der Waals surface area (Å²) in [7, 11) is 0. The van der Waals surface area contributed by atoms with E-state index in [9.17, 15) is 9.59 Å². The Morgan fingerprint density at radius 2 is 1.80 bits per heavy atom. The number of hydrogen-bond donors (Lipinski definition) is 1. The number of carbonyl (C=O) groups is 2. The smallest absolute Gasteiger partial charge is 0.325 e. The van der Waals surface area contributed by atoms with Gasteiger partial charge in [-0.3, -0.25) is 9.69 Å². The van der Waals surface area contributed by atoms with Gasteiger partial charge in [0.05, 0.1) is 6.54 Å². The number of benzene rings is 3. The van der Waals surface area contributed by atoms with Crippen molar-refractivity contribution < 1.29 is 23.8 Å². The fourth-order valence-corrected chi connectivity index (χ4v) is 3.82. The van der Waals surface area contributed by atoms with Crippen LogP contribution in [0.4, 0.5) is 4.79 Å². The average Bonchev–Trinajstić information content (AvgIpc) is 3.31. The lowest BCUT2D eigenvalue weighted by molar-refractivity contribution is -0.131. The van der Waals surface area contributed by atoms with Crippen LogP contribution in [0.25, 0.3) is 10.8 Å². The van der Waals surface area contributed by atoms with Gasteiger partial charge in [-0.25, -0.2) is 4.79 Å². The van der Waals surface area contributed by atoms with Crippen molar-refractivity contribution in [3.8, 4) is 17.2 Å². The molecule has 3 amide bonds. The highest BCUT2D eigenvalue weighted by atomic mass is 16.7. The number of urea groups is 1. The first-order valence-corrected chi connectivity index (χ1v) is 9.70. The van der Waals surface area contributed by atoms with Crippen LogP contribution in [-0.4, -0.2) is 36.8 Å². The summed E-state index contributed by atoms with van der Waals surface area (Å²) in [5, 5.41) is 4.99. The Bertz CT molecular complexity index is 1160. The standard InChI is InChI=1S/C23H20N2O5/c1-23(17-7-9-19-20(13-17)30-14-29-19)21(26)25(22(27)24-23)10-11-28-18-8-6-15-4-2-3-5-16(15)12-18/h2-9,12-13H,10-11,14H2,1H3,(H,24,27). The third-order valence-electron chi connectivity index (χ3n) is 5.53. The van der Waals surface area contributed by atoms with Gasteiger partial charge < -0.3 is 19.5 Å². The van der Waals surface area contributed by atoms with Crippen molar-refractivity contribution in [1.29, 1.82) is 0 Å². The van der Waals surface area contributed by atoms with Crippen LogP contribution in [-0.2, 0) is 10.3 Å². The molecule has 1 N–H and O–H groups in total. The van der Waals surface area contributed by atoms with Crippen LogP contribution >= 0.6 is 0 Å². The molecule has 152 valence electrons. The van der Waals surface area contributed by atoms with E-state index in [2.05, 4.69) is 5.32 Å². The van der Waals surface area contributed by atoms with Gasteiger partial charge in [0, 0.05) is 0 Å². The third kappa shape index (κ3) is 2.99. The second-order valence-electron chi connectivity index (χ2n) is 7.44. The first kappa shape index (κ1) is 18.3. The topological polar surface area (TPSA) is 77.1 Å². The number of amides is 3. The molecule has 1 fully saturated rings. The fraction of sp³-hybridized carbons (Fsp3) is 0.217. The molecule has 0 aliphatic carbocycles. The van der Waals surface area contributed by atoms with Crippen LogP contribution in [0.3, 0.4) is 0 Å². The molecular weight excluding hydrogens is 384 g/mol. The summed E-state index contributed by atoms with van der Waals surface area (Å²) in [6.07, 6.45) is 0. The van der Waals surface area contributed by atoms with Gasteiger partial charge in [0.15, 0.2) is 11.5 Å². The zero-order valence-electron chi connectivity index (χ0n) is 16.4. The van der Waals surface area contributed by atoms with E-state index < -0.39 is 11.6 Å². The minimum Gasteiger partial charge on any atom is -0.492 e. The molecule has 0 saturated carbocycles. The number of rotatable bonds is 5. The number of hydrogen-bond acceptors (Lipinski definition) is 5. The van der Waals surface area contributed by atoms with E-state index in [1.807, 2.05) is 42.5 Å². The van der Waals surface area contributed by atoms with Crippen LogP contribution in [0.15, 0.2) is 60.7 Å². The van der Waals surface area contributed by atoms with E-state index in [-0.39, 0.29) is 25.9 Å². The predicted octanol–water partition coefficient (Wildman–Crippen LogP) is 3.41. The quantitative estimate of drug-likeness (QED) is 0.660. The van der Waals surface area contributed by atoms with Gasteiger partial charge in [-0.05, 0) is 47.5 Å². The van der Waals surface area contributed by atoms with E-state index in [1.165, 1.54) is 4.90 Å². The highest BCUT2D eigenvalue weighted by molar-refractivity contribution is 6.07. The lowest BCUT2D eigenvalue weighted by Crippen LogP contribution is -2.41. The summed E-state index contributed by atoms with van der Waals surface area (Å²) in [6.45, 7) is 2.19. The van der Waals surface area contributed by atoms with E-state index in [4.69, 9.17) is 14.2 Å². The van der Waals surface area contributed by atoms with E-state index in [0.717, 1.165) is 10.8 Å². The molecule has 3 aromatic rings. The molecule has 2 heterocycles. The van der Waals surface area contributed by atoms with Crippen molar-refractivity contribution in [1.82, 2.24) is 10.2 Å². The van der Waals surface area contributed by atoms with Crippen LogP contribution in [0.5, 0.6) is 17.2 Å². The molecule has 2 aliphatic rings. The van der Waals surface area contributed by atoms with Gasteiger partial charge in [-0.15, -0.1) is 0 Å². The molecule has 0 bridgehead atoms. The highest BCUT2D eigenvalue weighted by Crippen LogP contribution is 2.37. The Kier molecular flexibility index (Phi) is 4.24. The summed E-state index contributed by atoms with van der Waals surface area (Å²) in [4.78, 5) is 26.8. The van der Waals surface area contributed by atoms with Crippen molar-refractivity contribution in [2.24, 2.45) is 0 Å². The van der Waals surface area contributed by atoms with Crippen molar-refractivity contribution >= 4 is 22.7 Å². The molecule has 0 aromatic heterocycles. The Labute approximate surface area is 173 Å². The monoisotopic (exact) mass is 404 g/mol. The number of nitrogens with zero attached hydrogens (tertiary/aromatic N) is 1. The summed E-state index contributed by atoms with van der Waals surface area (Å²) in [6, 6.07) is 18.6. The van der Waals surface area contributed by atoms with Crippen molar-refractivity contribution in [3.63, 3.8) is 0 Å². The van der Waals surface area contributed by atoms with E-state index in [1.54, 1.807) is 25.1 Å². The van der Waals surface area contributed by atoms with Crippen LogP contribution in [0, 0.1) is 0 Å². The normalized spacial score (nSPS) is 20.0. The minimum absolute atomic E-state index is 0.147. The number of ether oxygens (including phenoxy) is 3. The predicted molar refractivity (Wildman–Crippen MR) is 110 cm³/mol. The first-order valence-electron chi connectivity index (χ1n) is 9.70. The summed E-state index contributed by atoms with van der Waals surface area (Å²) in [5.41, 5.74) is -0.524. The van der Waals surface area contributed by atoms with E-state index in [0.29, 0.717) is 22.8 Å². The molecular formula is C23H20N2O5. The second kappa shape index (κ2) is 6.95. The van der Waals surface area contributed by atoms with Gasteiger partial charge in [-0.2, -0.15) is 0 Å². The van der Waals surface area contributed by atoms with Crippen LogP contribution in [0.1, 0.15) is 12.5 Å². The number of fused-ring (bicyclic) bond motifs is 2. The molecule has 7 heteroatoms. The lowest BCUT2D eigenvalue weighted by Gasteiger charge is -2.22. The molecule has 1 unspecified atom stereocenters. The Balaban J connectivity index is 1.28. The summed E-state index contributed by atoms with van der Waals surface area (Å²) >= 11 is 0. The lowest BCUT2D eigenvalue weighted by atomic mass is 9.91. The molecule has 0 radical (unpaired) electrons. The number of carbonyl (C=O) groups excluding carboxylic acids is 2. The molecule has 1 atom stereocenters. The molecule has 7 nitrogen and oxygen atoms in total. The van der Waals surface area contributed by atoms with Gasteiger partial charge in [0.25, 0.3) is 5.91 Å². The zero-order chi connectivity index (χ0) is 20.7. The van der Waals surface area contributed by atoms with Gasteiger partial charge >= 0.3 is 6.03 Å². The maximum Gasteiger partial charge on any atom is 0.325 e. The van der Waals surface area contributed by atoms with Crippen molar-refractivity contribution in [3.05, 3.63) is 66.2 Å². The third-order valence-corrected chi connectivity index (χ3v) is 5.53. The maximum atomic E-state index is 13.1. The first-order chi connectivity index (χ1) is 14.5. The maximum absolute atomic E-state index is 13.1. The molecule has 0 spiro atoms. The Morgan fingerprint density at radius 3 is 2.67 bits per heavy atom.